The van der Waals surface area contributed by atoms with Crippen LogP contribution in [-0.4, -0.2) is 59.1 Å². The fraction of sp³-hybridized carbons (Fsp3) is 0.833. The van der Waals surface area contributed by atoms with E-state index >= 15 is 0 Å². The standard InChI is InChI=1S/C24H42N4O3/c1-17-19(14-28(7)13-12-25-21(29)31-22(2,3)4)20(27-26-17)18-8-10-24(11-9-18)15-23(5,6)16-30-24/h18H,8-16H2,1-7H3,(H,25,29)(H,26,27). The lowest BCUT2D eigenvalue weighted by Gasteiger charge is -2.37. The van der Waals surface area contributed by atoms with E-state index in [0.717, 1.165) is 51.1 Å². The summed E-state index contributed by atoms with van der Waals surface area (Å²) in [7, 11) is 2.08. The number of carbonyl (C=O) groups excluding carboxylic acids is 1. The highest BCUT2D eigenvalue weighted by Crippen LogP contribution is 2.50. The average molecular weight is 435 g/mol. The van der Waals surface area contributed by atoms with E-state index in [1.807, 2.05) is 20.8 Å². The van der Waals surface area contributed by atoms with Gasteiger partial charge in [0, 0.05) is 36.8 Å². The highest BCUT2D eigenvalue weighted by atomic mass is 16.6. The Bertz CT molecular complexity index is 757. The molecule has 176 valence electrons. The minimum Gasteiger partial charge on any atom is -0.444 e. The monoisotopic (exact) mass is 434 g/mol. The number of nitrogens with one attached hydrogen (secondary N) is 2. The second-order valence-corrected chi connectivity index (χ2v) is 11.5. The molecule has 7 nitrogen and oxygen atoms in total. The maximum atomic E-state index is 11.8. The van der Waals surface area contributed by atoms with Crippen LogP contribution in [0.2, 0.25) is 0 Å². The van der Waals surface area contributed by atoms with Crippen LogP contribution in [-0.2, 0) is 16.0 Å². The maximum absolute atomic E-state index is 11.8. The molecule has 1 aliphatic carbocycles. The number of ether oxygens (including phenoxy) is 2. The number of carbonyl (C=O) groups is 1. The van der Waals surface area contributed by atoms with Gasteiger partial charge in [-0.3, -0.25) is 5.10 Å². The number of amides is 1. The van der Waals surface area contributed by atoms with Gasteiger partial charge < -0.3 is 19.7 Å². The Hall–Kier alpha value is -1.60. The van der Waals surface area contributed by atoms with Gasteiger partial charge in [0.15, 0.2) is 0 Å². The van der Waals surface area contributed by atoms with Crippen LogP contribution in [0, 0.1) is 12.3 Å². The number of aromatic amines is 1. The van der Waals surface area contributed by atoms with Crippen LogP contribution < -0.4 is 5.32 Å². The normalized spacial score (nSPS) is 25.9. The molecule has 3 rings (SSSR count). The van der Waals surface area contributed by atoms with Crippen LogP contribution in [0.5, 0.6) is 0 Å². The Morgan fingerprint density at radius 3 is 2.58 bits per heavy atom. The van der Waals surface area contributed by atoms with Gasteiger partial charge >= 0.3 is 6.09 Å². The lowest BCUT2D eigenvalue weighted by atomic mass is 9.72. The first-order chi connectivity index (χ1) is 14.4. The molecule has 0 aromatic carbocycles. The summed E-state index contributed by atoms with van der Waals surface area (Å²) in [6, 6.07) is 0. The molecule has 1 spiro atoms. The number of nitrogens with zero attached hydrogens (tertiary/aromatic N) is 2. The van der Waals surface area contributed by atoms with Crippen LogP contribution in [0.1, 0.15) is 89.6 Å². The van der Waals surface area contributed by atoms with Crippen molar-refractivity contribution in [2.24, 2.45) is 5.41 Å². The van der Waals surface area contributed by atoms with Crippen LogP contribution in [0.3, 0.4) is 0 Å². The Labute approximate surface area is 187 Å². The molecule has 1 amide bonds. The van der Waals surface area contributed by atoms with Gasteiger partial charge in [-0.25, -0.2) is 4.79 Å². The zero-order valence-corrected chi connectivity index (χ0v) is 20.6. The quantitative estimate of drug-likeness (QED) is 0.688. The summed E-state index contributed by atoms with van der Waals surface area (Å²) in [6.45, 7) is 15.3. The van der Waals surface area contributed by atoms with Gasteiger partial charge in [0.05, 0.1) is 17.9 Å². The molecule has 2 heterocycles. The smallest absolute Gasteiger partial charge is 0.407 e. The molecular weight excluding hydrogens is 392 g/mol. The second-order valence-electron chi connectivity index (χ2n) is 11.5. The number of alkyl carbamates (subject to hydrolysis) is 1. The summed E-state index contributed by atoms with van der Waals surface area (Å²) >= 11 is 0. The van der Waals surface area contributed by atoms with Crippen molar-refractivity contribution in [2.75, 3.05) is 26.7 Å². The number of hydrogen-bond donors (Lipinski definition) is 2. The van der Waals surface area contributed by atoms with Gasteiger partial charge in [-0.15, -0.1) is 0 Å². The minimum atomic E-state index is -0.476. The molecule has 0 bridgehead atoms. The topological polar surface area (TPSA) is 79.5 Å². The van der Waals surface area contributed by atoms with Gasteiger partial charge in [-0.1, -0.05) is 13.8 Å². The van der Waals surface area contributed by atoms with E-state index in [2.05, 4.69) is 43.1 Å². The lowest BCUT2D eigenvalue weighted by Crippen LogP contribution is -2.37. The van der Waals surface area contributed by atoms with Crippen LogP contribution in [0.15, 0.2) is 0 Å². The molecule has 7 heteroatoms. The SMILES string of the molecule is Cc1[nH]nc(C2CCC3(CC2)CC(C)(C)CO3)c1CN(C)CCNC(=O)OC(C)(C)C. The first-order valence-electron chi connectivity index (χ1n) is 11.7. The molecule has 1 saturated heterocycles. The summed E-state index contributed by atoms with van der Waals surface area (Å²) in [5, 5.41) is 10.8. The lowest BCUT2D eigenvalue weighted by molar-refractivity contribution is -0.0296. The van der Waals surface area contributed by atoms with E-state index in [1.54, 1.807) is 0 Å². The molecule has 1 aliphatic heterocycles. The zero-order chi connectivity index (χ0) is 22.9. The summed E-state index contributed by atoms with van der Waals surface area (Å²) in [5.41, 5.74) is 3.58. The van der Waals surface area contributed by atoms with Gasteiger partial charge in [0.1, 0.15) is 5.60 Å². The molecule has 0 atom stereocenters. The minimum absolute atomic E-state index is 0.0929. The zero-order valence-electron chi connectivity index (χ0n) is 20.6. The van der Waals surface area contributed by atoms with Gasteiger partial charge in [0.2, 0.25) is 0 Å². The molecular formula is C24H42N4O3. The first-order valence-corrected chi connectivity index (χ1v) is 11.7. The third-order valence-corrected chi connectivity index (χ3v) is 6.55. The third-order valence-electron chi connectivity index (χ3n) is 6.55. The number of rotatable bonds is 6. The van der Waals surface area contributed by atoms with Crippen molar-refractivity contribution in [3.63, 3.8) is 0 Å². The summed E-state index contributed by atoms with van der Waals surface area (Å²) in [6.07, 6.45) is 5.33. The Kier molecular flexibility index (Phi) is 7.06. The fourth-order valence-corrected chi connectivity index (χ4v) is 5.08. The molecule has 2 N–H and O–H groups in total. The van der Waals surface area contributed by atoms with Crippen LogP contribution >= 0.6 is 0 Å². The number of aromatic nitrogens is 2. The van der Waals surface area contributed by atoms with Crippen molar-refractivity contribution in [2.45, 2.75) is 97.3 Å². The van der Waals surface area contributed by atoms with Crippen molar-refractivity contribution in [1.82, 2.24) is 20.4 Å². The van der Waals surface area contributed by atoms with Gasteiger partial charge in [0.25, 0.3) is 0 Å². The second kappa shape index (κ2) is 9.10. The molecule has 2 aliphatic rings. The molecule has 1 saturated carbocycles. The van der Waals surface area contributed by atoms with Crippen molar-refractivity contribution in [3.05, 3.63) is 17.0 Å². The fourth-order valence-electron chi connectivity index (χ4n) is 5.08. The predicted octanol–water partition coefficient (Wildman–Crippen LogP) is 4.52. The van der Waals surface area contributed by atoms with Crippen LogP contribution in [0.25, 0.3) is 0 Å². The number of H-pyrrole nitrogens is 1. The Morgan fingerprint density at radius 2 is 2.00 bits per heavy atom. The van der Waals surface area contributed by atoms with E-state index in [0.29, 0.717) is 17.9 Å². The summed E-state index contributed by atoms with van der Waals surface area (Å²) in [5.74, 6) is 0.492. The third kappa shape index (κ3) is 6.45. The molecule has 2 fully saturated rings. The summed E-state index contributed by atoms with van der Waals surface area (Å²) in [4.78, 5) is 14.1. The summed E-state index contributed by atoms with van der Waals surface area (Å²) < 4.78 is 11.6. The Morgan fingerprint density at radius 1 is 1.32 bits per heavy atom. The highest BCUT2D eigenvalue weighted by molar-refractivity contribution is 5.67. The van der Waals surface area contributed by atoms with Crippen molar-refractivity contribution < 1.29 is 14.3 Å². The maximum Gasteiger partial charge on any atom is 0.407 e. The van der Waals surface area contributed by atoms with Crippen LogP contribution in [0.4, 0.5) is 4.79 Å². The van der Waals surface area contributed by atoms with E-state index in [4.69, 9.17) is 14.6 Å². The Balaban J connectivity index is 1.51. The average Bonchev–Trinajstić information content (AvgIpc) is 3.14. The van der Waals surface area contributed by atoms with E-state index in [9.17, 15) is 4.79 Å². The van der Waals surface area contributed by atoms with Crippen molar-refractivity contribution in [3.8, 4) is 0 Å². The van der Waals surface area contributed by atoms with Gasteiger partial charge in [-0.2, -0.15) is 5.10 Å². The molecule has 0 radical (unpaired) electrons. The van der Waals surface area contributed by atoms with Crippen molar-refractivity contribution in [1.29, 1.82) is 0 Å². The largest absolute Gasteiger partial charge is 0.444 e. The van der Waals surface area contributed by atoms with E-state index in [-0.39, 0.29) is 11.7 Å². The van der Waals surface area contributed by atoms with E-state index in [1.165, 1.54) is 17.7 Å². The van der Waals surface area contributed by atoms with Crippen molar-refractivity contribution >= 4 is 6.09 Å². The molecule has 1 aromatic rings. The number of aryl methyl sites for hydroxylation is 1. The first kappa shape index (κ1) is 24.1. The predicted molar refractivity (Wildman–Crippen MR) is 122 cm³/mol. The van der Waals surface area contributed by atoms with E-state index < -0.39 is 5.60 Å². The molecule has 1 aromatic heterocycles. The highest BCUT2D eigenvalue weighted by Gasteiger charge is 2.46. The number of likely N-dealkylation sites (N-methyl/N-ethyl adjacent to an activating group) is 1. The van der Waals surface area contributed by atoms with Gasteiger partial charge in [-0.05, 0) is 72.3 Å². The number of hydrogen-bond acceptors (Lipinski definition) is 5. The molecule has 31 heavy (non-hydrogen) atoms. The molecule has 0 unspecified atom stereocenters.